The van der Waals surface area contributed by atoms with E-state index >= 15 is 0 Å². The maximum absolute atomic E-state index is 11.5. The van der Waals surface area contributed by atoms with Crippen molar-refractivity contribution < 1.29 is 8.42 Å². The average Bonchev–Trinajstić information content (AvgIpc) is 1.97. The highest BCUT2D eigenvalue weighted by molar-refractivity contribution is 7.87. The van der Waals surface area contributed by atoms with Gasteiger partial charge in [0, 0.05) is 18.5 Å². The summed E-state index contributed by atoms with van der Waals surface area (Å²) in [5.74, 6) is 0.135. The minimum absolute atomic E-state index is 0.135. The summed E-state index contributed by atoms with van der Waals surface area (Å²) in [4.78, 5) is 0. The number of nitrogens with one attached hydrogen (secondary N) is 3. The first kappa shape index (κ1) is 15.3. The second-order valence-corrected chi connectivity index (χ2v) is 6.23. The van der Waals surface area contributed by atoms with Gasteiger partial charge >= 0.3 is 0 Å². The van der Waals surface area contributed by atoms with Crippen molar-refractivity contribution in [3.05, 3.63) is 0 Å². The molecule has 0 rings (SSSR count). The van der Waals surface area contributed by atoms with Crippen molar-refractivity contribution in [1.82, 2.24) is 9.44 Å². The number of rotatable bonds is 7. The quantitative estimate of drug-likeness (QED) is 0.297. The molecule has 0 spiro atoms. The molecule has 0 atom stereocenters. The van der Waals surface area contributed by atoms with Crippen LogP contribution >= 0.6 is 0 Å². The third-order valence-corrected chi connectivity index (χ3v) is 3.07. The molecule has 0 aromatic heterocycles. The lowest BCUT2D eigenvalue weighted by Crippen LogP contribution is -2.47. The third-order valence-electron chi connectivity index (χ3n) is 1.61. The Morgan fingerprint density at radius 2 is 1.88 bits per heavy atom. The molecule has 0 bridgehead atoms. The molecule has 0 fully saturated rings. The van der Waals surface area contributed by atoms with Gasteiger partial charge in [-0.05, 0) is 33.6 Å². The Morgan fingerprint density at radius 3 is 2.31 bits per heavy atom. The van der Waals surface area contributed by atoms with Gasteiger partial charge in [-0.3, -0.25) is 5.41 Å². The molecule has 0 unspecified atom stereocenters. The molecule has 0 aromatic rings. The van der Waals surface area contributed by atoms with E-state index in [1.54, 1.807) is 20.8 Å². The number of unbranched alkanes of at least 4 members (excludes halogenated alkanes) is 1. The zero-order chi connectivity index (χ0) is 12.8. The predicted octanol–water partition coefficient (Wildman–Crippen LogP) is 0.315. The summed E-state index contributed by atoms with van der Waals surface area (Å²) in [6, 6.07) is 0. The molecule has 6 nitrogen and oxygen atoms in total. The topological polar surface area (TPSA) is 108 Å². The first-order valence-electron chi connectivity index (χ1n) is 5.24. The van der Waals surface area contributed by atoms with Gasteiger partial charge in [-0.2, -0.15) is 13.1 Å². The van der Waals surface area contributed by atoms with Crippen LogP contribution in [-0.2, 0) is 10.2 Å². The Hall–Kier alpha value is -0.660. The average molecular weight is 250 g/mol. The normalized spacial score (nSPS) is 12.7. The van der Waals surface area contributed by atoms with Gasteiger partial charge in [0.05, 0.1) is 5.84 Å². The smallest absolute Gasteiger partial charge is 0.277 e. The van der Waals surface area contributed by atoms with Crippen molar-refractivity contribution in [2.75, 3.05) is 6.54 Å². The zero-order valence-corrected chi connectivity index (χ0v) is 10.9. The van der Waals surface area contributed by atoms with Crippen molar-refractivity contribution in [2.24, 2.45) is 5.73 Å². The van der Waals surface area contributed by atoms with E-state index in [1.165, 1.54) is 0 Å². The third kappa shape index (κ3) is 9.88. The highest BCUT2D eigenvalue weighted by Gasteiger charge is 2.18. The summed E-state index contributed by atoms with van der Waals surface area (Å²) in [5.41, 5.74) is 4.70. The molecule has 0 aliphatic heterocycles. The van der Waals surface area contributed by atoms with Crippen LogP contribution in [0.1, 0.15) is 40.0 Å². The standard InChI is InChI=1S/C9H22N4O2S/c1-9(2,3)13-16(14,15)12-7-5-4-6-8(10)11/h12-13H,4-7H2,1-3H3,(H3,10,11). The van der Waals surface area contributed by atoms with E-state index < -0.39 is 15.7 Å². The van der Waals surface area contributed by atoms with Crippen LogP contribution in [0.5, 0.6) is 0 Å². The van der Waals surface area contributed by atoms with Crippen molar-refractivity contribution >= 4 is 16.0 Å². The van der Waals surface area contributed by atoms with Gasteiger partial charge in [0.2, 0.25) is 0 Å². The molecule has 0 saturated carbocycles. The van der Waals surface area contributed by atoms with E-state index in [9.17, 15) is 8.42 Å². The minimum atomic E-state index is -3.42. The Balaban J connectivity index is 3.80. The molecule has 7 heteroatoms. The molecule has 0 saturated heterocycles. The first-order valence-corrected chi connectivity index (χ1v) is 6.72. The first-order chi connectivity index (χ1) is 7.12. The number of hydrogen-bond donors (Lipinski definition) is 4. The van der Waals surface area contributed by atoms with Crippen LogP contribution in [0.3, 0.4) is 0 Å². The summed E-state index contributed by atoms with van der Waals surface area (Å²) in [7, 11) is -3.42. The molecule has 5 N–H and O–H groups in total. The monoisotopic (exact) mass is 250 g/mol. The van der Waals surface area contributed by atoms with E-state index in [0.29, 0.717) is 25.8 Å². The summed E-state index contributed by atoms with van der Waals surface area (Å²) in [5, 5.41) is 7.00. The second-order valence-electron chi connectivity index (χ2n) is 4.73. The summed E-state index contributed by atoms with van der Waals surface area (Å²) in [6.07, 6.45) is 1.90. The van der Waals surface area contributed by atoms with Crippen molar-refractivity contribution in [3.63, 3.8) is 0 Å². The van der Waals surface area contributed by atoms with Crippen LogP contribution in [0.25, 0.3) is 0 Å². The molecule has 0 aliphatic carbocycles. The van der Waals surface area contributed by atoms with Crippen molar-refractivity contribution in [2.45, 2.75) is 45.6 Å². The van der Waals surface area contributed by atoms with Crippen LogP contribution < -0.4 is 15.2 Å². The molecule has 0 aromatic carbocycles. The fourth-order valence-corrected chi connectivity index (χ4v) is 2.38. The molecular weight excluding hydrogens is 228 g/mol. The van der Waals surface area contributed by atoms with Crippen LogP contribution in [0.2, 0.25) is 0 Å². The highest BCUT2D eigenvalue weighted by atomic mass is 32.2. The van der Waals surface area contributed by atoms with Crippen LogP contribution in [0.15, 0.2) is 0 Å². The molecule has 96 valence electrons. The maximum atomic E-state index is 11.5. The lowest BCUT2D eigenvalue weighted by Gasteiger charge is -2.20. The fraction of sp³-hybridized carbons (Fsp3) is 0.889. The van der Waals surface area contributed by atoms with Gasteiger partial charge in [0.15, 0.2) is 0 Å². The van der Waals surface area contributed by atoms with Crippen molar-refractivity contribution in [1.29, 1.82) is 5.41 Å². The maximum Gasteiger partial charge on any atom is 0.277 e. The van der Waals surface area contributed by atoms with Gasteiger partial charge in [-0.25, -0.2) is 4.72 Å². The number of amidine groups is 1. The molecule has 0 radical (unpaired) electrons. The molecule has 0 heterocycles. The SMILES string of the molecule is CC(C)(C)NS(=O)(=O)NCCCCC(=N)N. The molecular formula is C9H22N4O2S. The van der Waals surface area contributed by atoms with Gasteiger partial charge in [0.1, 0.15) is 0 Å². The lowest BCUT2D eigenvalue weighted by molar-refractivity contribution is 0.483. The highest BCUT2D eigenvalue weighted by Crippen LogP contribution is 2.00. The molecule has 0 aliphatic rings. The number of hydrogen-bond acceptors (Lipinski definition) is 3. The van der Waals surface area contributed by atoms with E-state index in [0.717, 1.165) is 0 Å². The van der Waals surface area contributed by atoms with E-state index in [-0.39, 0.29) is 5.84 Å². The van der Waals surface area contributed by atoms with E-state index in [2.05, 4.69) is 9.44 Å². The molecule has 16 heavy (non-hydrogen) atoms. The Kier molecular flexibility index (Phi) is 5.91. The number of nitrogens with two attached hydrogens (primary N) is 1. The van der Waals surface area contributed by atoms with E-state index in [4.69, 9.17) is 11.1 Å². The van der Waals surface area contributed by atoms with Crippen molar-refractivity contribution in [3.8, 4) is 0 Å². The van der Waals surface area contributed by atoms with Gasteiger partial charge in [-0.15, -0.1) is 0 Å². The minimum Gasteiger partial charge on any atom is -0.388 e. The summed E-state index contributed by atoms with van der Waals surface area (Å²) < 4.78 is 27.8. The van der Waals surface area contributed by atoms with Gasteiger partial charge in [-0.1, -0.05) is 0 Å². The Labute approximate surface area is 97.7 Å². The largest absolute Gasteiger partial charge is 0.388 e. The van der Waals surface area contributed by atoms with E-state index in [1.807, 2.05) is 0 Å². The zero-order valence-electron chi connectivity index (χ0n) is 10.1. The predicted molar refractivity (Wildman–Crippen MR) is 65.6 cm³/mol. The fourth-order valence-electron chi connectivity index (χ4n) is 1.09. The van der Waals surface area contributed by atoms with Gasteiger partial charge < -0.3 is 5.73 Å². The summed E-state index contributed by atoms with van der Waals surface area (Å²) >= 11 is 0. The van der Waals surface area contributed by atoms with Crippen LogP contribution in [-0.4, -0.2) is 26.3 Å². The summed E-state index contributed by atoms with van der Waals surface area (Å²) in [6.45, 7) is 5.70. The van der Waals surface area contributed by atoms with Crippen LogP contribution in [0.4, 0.5) is 0 Å². The molecule has 0 amide bonds. The Bertz CT molecular complexity index is 319. The lowest BCUT2D eigenvalue weighted by atomic mass is 10.1. The van der Waals surface area contributed by atoms with Crippen LogP contribution in [0, 0.1) is 5.41 Å². The Morgan fingerprint density at radius 1 is 1.31 bits per heavy atom. The second kappa shape index (κ2) is 6.17. The van der Waals surface area contributed by atoms with Gasteiger partial charge in [0.25, 0.3) is 10.2 Å².